The molecule has 2 aromatic carbocycles. The van der Waals surface area contributed by atoms with Gasteiger partial charge in [-0.15, -0.1) is 5.10 Å². The van der Waals surface area contributed by atoms with Crippen LogP contribution in [0.25, 0.3) is 22.2 Å². The van der Waals surface area contributed by atoms with Crippen LogP contribution in [0.4, 0.5) is 0 Å². The summed E-state index contributed by atoms with van der Waals surface area (Å²) in [5.74, 6) is -0.635. The number of aromatic amines is 1. The van der Waals surface area contributed by atoms with Crippen LogP contribution in [-0.2, 0) is 0 Å². The normalized spacial score (nSPS) is 11.0. The topological polar surface area (TPSA) is 77.0 Å². The molecule has 0 unspecified atom stereocenters. The molecule has 2 heterocycles. The van der Waals surface area contributed by atoms with Gasteiger partial charge in [0.15, 0.2) is 0 Å². The predicted octanol–water partition coefficient (Wildman–Crippen LogP) is 2.10. The van der Waals surface area contributed by atoms with E-state index in [0.717, 1.165) is 15.7 Å². The van der Waals surface area contributed by atoms with Crippen LogP contribution in [-0.4, -0.2) is 20.9 Å². The van der Waals surface area contributed by atoms with E-state index in [2.05, 4.69) is 10.1 Å². The molecule has 0 radical (unpaired) electrons. The summed E-state index contributed by atoms with van der Waals surface area (Å²) in [5, 5.41) is 4.94. The summed E-state index contributed by atoms with van der Waals surface area (Å²) in [5.41, 5.74) is 1.57. The minimum Gasteiger partial charge on any atom is -0.360 e. The van der Waals surface area contributed by atoms with E-state index >= 15 is 0 Å². The van der Waals surface area contributed by atoms with Crippen molar-refractivity contribution in [2.24, 2.45) is 0 Å². The van der Waals surface area contributed by atoms with E-state index in [-0.39, 0.29) is 0 Å². The number of fused-ring (bicyclic) bond motifs is 3. The second-order valence-corrected chi connectivity index (χ2v) is 5.02. The number of nitrogens with one attached hydrogen (secondary N) is 1. The lowest BCUT2D eigenvalue weighted by atomic mass is 10.1. The Morgan fingerprint density at radius 3 is 2.61 bits per heavy atom. The molecule has 2 aromatic rings. The molecule has 0 fully saturated rings. The average molecular weight is 305 g/mol. The van der Waals surface area contributed by atoms with Gasteiger partial charge < -0.3 is 9.82 Å². The third kappa shape index (κ3) is 2.17. The van der Waals surface area contributed by atoms with Crippen LogP contribution in [0.1, 0.15) is 10.4 Å². The van der Waals surface area contributed by atoms with Crippen LogP contribution < -0.4 is 10.4 Å². The van der Waals surface area contributed by atoms with Gasteiger partial charge in [-0.1, -0.05) is 36.4 Å². The largest absolute Gasteiger partial charge is 0.365 e. The Morgan fingerprint density at radius 2 is 1.78 bits per heavy atom. The molecule has 4 rings (SSSR count). The van der Waals surface area contributed by atoms with Crippen molar-refractivity contribution in [1.29, 1.82) is 0 Å². The Morgan fingerprint density at radius 1 is 1.04 bits per heavy atom. The van der Waals surface area contributed by atoms with Gasteiger partial charge in [0, 0.05) is 17.1 Å². The minimum atomic E-state index is -0.635. The highest BCUT2D eigenvalue weighted by Crippen LogP contribution is 2.24. The van der Waals surface area contributed by atoms with Gasteiger partial charge in [0.05, 0.1) is 11.1 Å². The van der Waals surface area contributed by atoms with Gasteiger partial charge >= 0.3 is 11.5 Å². The number of hydrogen-bond donors (Lipinski definition) is 1. The summed E-state index contributed by atoms with van der Waals surface area (Å²) in [4.78, 5) is 33.3. The highest BCUT2D eigenvalue weighted by Gasteiger charge is 2.20. The first-order valence-electron chi connectivity index (χ1n) is 7.01. The van der Waals surface area contributed by atoms with E-state index in [1.54, 1.807) is 36.5 Å². The highest BCUT2D eigenvalue weighted by atomic mass is 16.7. The van der Waals surface area contributed by atoms with Crippen LogP contribution in [0.15, 0.2) is 65.6 Å². The van der Waals surface area contributed by atoms with Gasteiger partial charge in [-0.2, -0.15) is 0 Å². The Hall–Kier alpha value is -3.41. The maximum Gasteiger partial charge on any atom is 0.365 e. The Balaban J connectivity index is 1.81. The molecule has 1 N–H and O–H groups in total. The zero-order valence-electron chi connectivity index (χ0n) is 11.9. The standard InChI is InChI=1S/C17H11N3O3/c21-16-13-10-18-14-9-5-4-8-12(14)15(13)19-20(16)23-17(22)11-6-2-1-3-7-11/h1-10,18H. The van der Waals surface area contributed by atoms with Gasteiger partial charge in [0.25, 0.3) is 0 Å². The van der Waals surface area contributed by atoms with Crippen molar-refractivity contribution in [1.82, 2.24) is 14.9 Å². The second kappa shape index (κ2) is 5.10. The van der Waals surface area contributed by atoms with Gasteiger partial charge in [-0.05, 0) is 23.0 Å². The summed E-state index contributed by atoms with van der Waals surface area (Å²) in [6.45, 7) is 0. The number of carbonyl (C=O) groups is 1. The quantitative estimate of drug-likeness (QED) is 0.615. The lowest BCUT2D eigenvalue weighted by molar-refractivity contribution is 0.0379. The molecule has 23 heavy (non-hydrogen) atoms. The van der Waals surface area contributed by atoms with Crippen molar-refractivity contribution in [3.8, 4) is 11.3 Å². The molecule has 112 valence electrons. The maximum absolute atomic E-state index is 12.3. The third-order valence-corrected chi connectivity index (χ3v) is 3.58. The molecule has 0 spiro atoms. The van der Waals surface area contributed by atoms with Gasteiger partial charge in [0.2, 0.25) is 0 Å². The maximum atomic E-state index is 12.3. The zero-order valence-corrected chi connectivity index (χ0v) is 11.9. The van der Waals surface area contributed by atoms with Crippen LogP contribution >= 0.6 is 0 Å². The Kier molecular flexibility index (Phi) is 2.94. The average Bonchev–Trinajstić information content (AvgIpc) is 2.92. The number of rotatable bonds is 2. The molecule has 2 aliphatic rings. The summed E-state index contributed by atoms with van der Waals surface area (Å²) in [6.07, 6.45) is 1.57. The first-order chi connectivity index (χ1) is 11.2. The number of para-hydroxylation sites is 1. The number of H-pyrrole nitrogens is 1. The number of pyridine rings is 1. The smallest absolute Gasteiger partial charge is 0.360 e. The summed E-state index contributed by atoms with van der Waals surface area (Å²) in [6, 6.07) is 15.9. The molecular formula is C17H11N3O3. The predicted molar refractivity (Wildman–Crippen MR) is 84.3 cm³/mol. The van der Waals surface area contributed by atoms with Crippen LogP contribution in [0.2, 0.25) is 0 Å². The second-order valence-electron chi connectivity index (χ2n) is 5.02. The molecule has 0 bridgehead atoms. The number of carbonyl (C=O) groups excluding carboxylic acids is 1. The number of benzene rings is 2. The van der Waals surface area contributed by atoms with Crippen molar-refractivity contribution < 1.29 is 9.63 Å². The van der Waals surface area contributed by atoms with Crippen molar-refractivity contribution in [3.63, 3.8) is 0 Å². The Labute approximate surface area is 130 Å². The zero-order chi connectivity index (χ0) is 15.8. The molecular weight excluding hydrogens is 294 g/mol. The number of hydrogen-bond acceptors (Lipinski definition) is 4. The fourth-order valence-electron chi connectivity index (χ4n) is 2.46. The van der Waals surface area contributed by atoms with Crippen LogP contribution in [0.3, 0.4) is 0 Å². The van der Waals surface area contributed by atoms with Crippen molar-refractivity contribution >= 4 is 16.9 Å². The van der Waals surface area contributed by atoms with E-state index in [9.17, 15) is 9.59 Å². The molecule has 0 aliphatic carbocycles. The Bertz CT molecular complexity index is 1030. The van der Waals surface area contributed by atoms with E-state index < -0.39 is 11.5 Å². The lowest BCUT2D eigenvalue weighted by Crippen LogP contribution is -2.29. The first-order valence-corrected chi connectivity index (χ1v) is 7.01. The van der Waals surface area contributed by atoms with Crippen LogP contribution in [0, 0.1) is 0 Å². The first kappa shape index (κ1) is 13.3. The minimum absolute atomic E-state index is 0.350. The van der Waals surface area contributed by atoms with E-state index in [1.165, 1.54) is 0 Å². The molecule has 6 heteroatoms. The third-order valence-electron chi connectivity index (χ3n) is 3.58. The fourth-order valence-corrected chi connectivity index (χ4v) is 2.46. The highest BCUT2D eigenvalue weighted by molar-refractivity contribution is 5.93. The van der Waals surface area contributed by atoms with Crippen LogP contribution in [0.5, 0.6) is 0 Å². The number of nitrogens with zero attached hydrogens (tertiary/aromatic N) is 2. The SMILES string of the molecule is O=C(On1nc2c3ccccc3[nH]cc-2c1=O)c1ccccc1. The molecule has 2 aliphatic heterocycles. The van der Waals surface area contributed by atoms with Crippen molar-refractivity contribution in [2.75, 3.05) is 0 Å². The molecule has 0 amide bonds. The van der Waals surface area contributed by atoms with E-state index in [0.29, 0.717) is 16.8 Å². The van der Waals surface area contributed by atoms with Gasteiger partial charge in [0.1, 0.15) is 5.69 Å². The van der Waals surface area contributed by atoms with E-state index in [4.69, 9.17) is 4.84 Å². The van der Waals surface area contributed by atoms with Crippen molar-refractivity contribution in [3.05, 3.63) is 76.7 Å². The molecule has 0 saturated carbocycles. The molecule has 6 nitrogen and oxygen atoms in total. The molecule has 0 atom stereocenters. The van der Waals surface area contributed by atoms with Gasteiger partial charge in [-0.3, -0.25) is 4.79 Å². The van der Waals surface area contributed by atoms with Crippen molar-refractivity contribution in [2.45, 2.75) is 0 Å². The fraction of sp³-hybridized carbons (Fsp3) is 0. The number of aromatic nitrogens is 3. The van der Waals surface area contributed by atoms with E-state index in [1.807, 2.05) is 24.3 Å². The monoisotopic (exact) mass is 305 g/mol. The summed E-state index contributed by atoms with van der Waals surface area (Å²) in [7, 11) is 0. The summed E-state index contributed by atoms with van der Waals surface area (Å²) >= 11 is 0. The summed E-state index contributed by atoms with van der Waals surface area (Å²) < 4.78 is 0. The molecule has 0 aromatic heterocycles. The van der Waals surface area contributed by atoms with Gasteiger partial charge in [-0.25, -0.2) is 4.79 Å². The molecule has 0 saturated heterocycles. The lowest BCUT2D eigenvalue weighted by Gasteiger charge is -2.01.